The van der Waals surface area contributed by atoms with Crippen LogP contribution in [0.2, 0.25) is 0 Å². The van der Waals surface area contributed by atoms with Gasteiger partial charge in [-0.25, -0.2) is 9.97 Å². The van der Waals surface area contributed by atoms with Crippen molar-refractivity contribution >= 4 is 5.95 Å². The molecule has 2 aliphatic heterocycles. The number of nitrogens with two attached hydrogens (primary N) is 1. The molecule has 2 N–H and O–H groups in total. The number of nitrogens with zero attached hydrogens (tertiary/aromatic N) is 4. The highest BCUT2D eigenvalue weighted by atomic mass is 16.5. The lowest BCUT2D eigenvalue weighted by atomic mass is 9.83. The van der Waals surface area contributed by atoms with Gasteiger partial charge in [-0.2, -0.15) is 0 Å². The van der Waals surface area contributed by atoms with Crippen LogP contribution >= 0.6 is 0 Å². The number of ether oxygens (including phenoxy) is 2. The Morgan fingerprint density at radius 1 is 1.22 bits per heavy atom. The first-order valence-corrected chi connectivity index (χ1v) is 9.49. The van der Waals surface area contributed by atoms with E-state index in [1.807, 2.05) is 19.3 Å². The summed E-state index contributed by atoms with van der Waals surface area (Å²) in [6.45, 7) is 7.51. The van der Waals surface area contributed by atoms with Gasteiger partial charge in [0.15, 0.2) is 0 Å². The van der Waals surface area contributed by atoms with Gasteiger partial charge in [0.05, 0.1) is 25.1 Å². The zero-order chi connectivity index (χ0) is 19.0. The van der Waals surface area contributed by atoms with Crippen LogP contribution in [-0.4, -0.2) is 46.7 Å². The second kappa shape index (κ2) is 7.05. The number of fused-ring (bicyclic) bond motifs is 2. The molecule has 7 heteroatoms. The van der Waals surface area contributed by atoms with Crippen LogP contribution < -0.4 is 10.5 Å². The molecule has 0 amide bonds. The van der Waals surface area contributed by atoms with Crippen molar-refractivity contribution in [1.82, 2.24) is 19.9 Å². The second-order valence-electron chi connectivity index (χ2n) is 7.52. The molecule has 0 bridgehead atoms. The smallest absolute Gasteiger partial charge is 0.220 e. The highest BCUT2D eigenvalue weighted by molar-refractivity contribution is 5.41. The van der Waals surface area contributed by atoms with Crippen LogP contribution in [0.15, 0.2) is 12.4 Å². The van der Waals surface area contributed by atoms with Gasteiger partial charge in [-0.15, -0.1) is 0 Å². The van der Waals surface area contributed by atoms with Crippen LogP contribution in [0.25, 0.3) is 0 Å². The van der Waals surface area contributed by atoms with Crippen LogP contribution in [-0.2, 0) is 23.3 Å². The number of anilines is 1. The zero-order valence-electron chi connectivity index (χ0n) is 16.3. The summed E-state index contributed by atoms with van der Waals surface area (Å²) in [5.74, 6) is 1.26. The third-order valence-corrected chi connectivity index (χ3v) is 5.85. The normalized spacial score (nSPS) is 19.1. The number of rotatable bonds is 3. The molecule has 0 unspecified atom stereocenters. The molecule has 2 aromatic rings. The standard InChI is InChI=1S/C20H27N5O2/c1-13-10-22-16(14(2)17(13)26-3)12-25-7-5-20(6-8-25)18-15(4-9-27-20)11-23-19(21)24-18/h10-11H,4-9,12H2,1-3H3,(H2,21,23,24). The van der Waals surface area contributed by atoms with Gasteiger partial charge in [0.2, 0.25) is 5.95 Å². The first kappa shape index (κ1) is 18.1. The molecule has 27 heavy (non-hydrogen) atoms. The van der Waals surface area contributed by atoms with Crippen LogP contribution in [0.5, 0.6) is 5.75 Å². The third-order valence-electron chi connectivity index (χ3n) is 5.85. The van der Waals surface area contributed by atoms with Crippen molar-refractivity contribution in [2.24, 2.45) is 0 Å². The maximum atomic E-state index is 6.25. The van der Waals surface area contributed by atoms with Crippen LogP contribution in [0.1, 0.15) is 40.9 Å². The summed E-state index contributed by atoms with van der Waals surface area (Å²) in [6, 6.07) is 0. The first-order chi connectivity index (χ1) is 13.0. The molecule has 0 radical (unpaired) electrons. The van der Waals surface area contributed by atoms with Crippen LogP contribution in [0.3, 0.4) is 0 Å². The van der Waals surface area contributed by atoms with Crippen molar-refractivity contribution in [2.45, 2.75) is 45.3 Å². The summed E-state index contributed by atoms with van der Waals surface area (Å²) in [5.41, 5.74) is 11.0. The predicted octanol–water partition coefficient (Wildman–Crippen LogP) is 2.14. The number of methoxy groups -OCH3 is 1. The third kappa shape index (κ3) is 3.26. The number of pyridine rings is 1. The van der Waals surface area contributed by atoms with Crippen molar-refractivity contribution in [3.8, 4) is 5.75 Å². The lowest BCUT2D eigenvalue weighted by Gasteiger charge is -2.44. The molecular weight excluding hydrogens is 342 g/mol. The average molecular weight is 369 g/mol. The summed E-state index contributed by atoms with van der Waals surface area (Å²) in [5, 5.41) is 0. The van der Waals surface area contributed by atoms with E-state index in [1.165, 1.54) is 5.56 Å². The summed E-state index contributed by atoms with van der Waals surface area (Å²) in [6.07, 6.45) is 6.41. The summed E-state index contributed by atoms with van der Waals surface area (Å²) in [7, 11) is 1.72. The van der Waals surface area contributed by atoms with Crippen molar-refractivity contribution < 1.29 is 9.47 Å². The number of hydrogen-bond acceptors (Lipinski definition) is 7. The quantitative estimate of drug-likeness (QED) is 0.887. The first-order valence-electron chi connectivity index (χ1n) is 9.49. The highest BCUT2D eigenvalue weighted by Crippen LogP contribution is 2.40. The Labute approximate surface area is 159 Å². The molecule has 4 heterocycles. The molecule has 7 nitrogen and oxygen atoms in total. The Balaban J connectivity index is 1.50. The fourth-order valence-electron chi connectivity index (χ4n) is 4.32. The van der Waals surface area contributed by atoms with E-state index in [-0.39, 0.29) is 5.60 Å². The van der Waals surface area contributed by atoms with E-state index in [4.69, 9.17) is 15.2 Å². The monoisotopic (exact) mass is 369 g/mol. The minimum atomic E-state index is -0.325. The van der Waals surface area contributed by atoms with Crippen molar-refractivity contribution in [1.29, 1.82) is 0 Å². The SMILES string of the molecule is COc1c(C)cnc(CN2CCC3(CC2)OCCc2cnc(N)nc23)c1C. The van der Waals surface area contributed by atoms with E-state index < -0.39 is 0 Å². The van der Waals surface area contributed by atoms with Gasteiger partial charge in [-0.05, 0) is 38.7 Å². The Bertz CT molecular complexity index is 847. The predicted molar refractivity (Wildman–Crippen MR) is 103 cm³/mol. The van der Waals surface area contributed by atoms with Crippen molar-refractivity contribution in [3.05, 3.63) is 40.5 Å². The molecule has 2 aliphatic rings. The van der Waals surface area contributed by atoms with Gasteiger partial charge in [-0.1, -0.05) is 0 Å². The molecule has 0 aromatic carbocycles. The van der Waals surface area contributed by atoms with Gasteiger partial charge in [-0.3, -0.25) is 9.88 Å². The largest absolute Gasteiger partial charge is 0.496 e. The molecule has 1 fully saturated rings. The minimum absolute atomic E-state index is 0.325. The van der Waals surface area contributed by atoms with E-state index in [1.54, 1.807) is 7.11 Å². The summed E-state index contributed by atoms with van der Waals surface area (Å²) >= 11 is 0. The topological polar surface area (TPSA) is 86.4 Å². The zero-order valence-corrected chi connectivity index (χ0v) is 16.3. The van der Waals surface area contributed by atoms with Crippen molar-refractivity contribution in [3.63, 3.8) is 0 Å². The molecule has 144 valence electrons. The number of likely N-dealkylation sites (tertiary alicyclic amines) is 1. The van der Waals surface area contributed by atoms with Gasteiger partial charge in [0.1, 0.15) is 11.4 Å². The number of nitrogen functional groups attached to an aromatic ring is 1. The molecule has 0 saturated carbocycles. The molecule has 1 saturated heterocycles. The van der Waals surface area contributed by atoms with Gasteiger partial charge in [0.25, 0.3) is 0 Å². The lowest BCUT2D eigenvalue weighted by Crippen LogP contribution is -2.47. The number of hydrogen-bond donors (Lipinski definition) is 1. The highest BCUT2D eigenvalue weighted by Gasteiger charge is 2.42. The Kier molecular flexibility index (Phi) is 4.74. The number of piperidine rings is 1. The molecule has 1 spiro atoms. The van der Waals surface area contributed by atoms with Gasteiger partial charge < -0.3 is 15.2 Å². The number of aryl methyl sites for hydroxylation is 1. The van der Waals surface area contributed by atoms with Crippen LogP contribution in [0, 0.1) is 13.8 Å². The average Bonchev–Trinajstić information content (AvgIpc) is 2.67. The van der Waals surface area contributed by atoms with Gasteiger partial charge >= 0.3 is 0 Å². The Hall–Kier alpha value is -2.25. The van der Waals surface area contributed by atoms with E-state index in [0.29, 0.717) is 5.95 Å². The molecule has 2 aromatic heterocycles. The summed E-state index contributed by atoms with van der Waals surface area (Å²) < 4.78 is 11.8. The van der Waals surface area contributed by atoms with Crippen molar-refractivity contribution in [2.75, 3.05) is 32.5 Å². The van der Waals surface area contributed by atoms with Crippen LogP contribution in [0.4, 0.5) is 5.95 Å². The summed E-state index contributed by atoms with van der Waals surface area (Å²) in [4.78, 5) is 15.8. The molecule has 0 atom stereocenters. The van der Waals surface area contributed by atoms with Gasteiger partial charge in [0, 0.05) is 43.2 Å². The van der Waals surface area contributed by atoms with E-state index in [9.17, 15) is 0 Å². The molecular formula is C20H27N5O2. The Morgan fingerprint density at radius 2 is 2.00 bits per heavy atom. The van der Waals surface area contributed by atoms with E-state index in [2.05, 4.69) is 26.8 Å². The number of aromatic nitrogens is 3. The molecule has 0 aliphatic carbocycles. The maximum Gasteiger partial charge on any atom is 0.220 e. The second-order valence-corrected chi connectivity index (χ2v) is 7.52. The Morgan fingerprint density at radius 3 is 2.74 bits per heavy atom. The van der Waals surface area contributed by atoms with E-state index in [0.717, 1.165) is 73.8 Å². The lowest BCUT2D eigenvalue weighted by molar-refractivity contribution is -0.102. The minimum Gasteiger partial charge on any atom is -0.496 e. The molecule has 4 rings (SSSR count). The van der Waals surface area contributed by atoms with E-state index >= 15 is 0 Å². The maximum absolute atomic E-state index is 6.25. The fourth-order valence-corrected chi connectivity index (χ4v) is 4.32. The fraction of sp³-hybridized carbons (Fsp3) is 0.550.